The fourth-order valence-electron chi connectivity index (χ4n) is 5.27. The monoisotopic (exact) mass is 485 g/mol. The molecule has 0 spiro atoms. The second kappa shape index (κ2) is 10.6. The van der Waals surface area contributed by atoms with Gasteiger partial charge in [0, 0.05) is 43.0 Å². The molecular weight excluding hydrogens is 454 g/mol. The minimum atomic E-state index is -0.336. The topological polar surface area (TPSA) is 79.0 Å². The number of nitrogens with one attached hydrogen (secondary N) is 1. The summed E-state index contributed by atoms with van der Waals surface area (Å²) in [6, 6.07) is 18.7. The SMILES string of the molecule is CC(CCC(=O)NC=O)N1C(=O)c2cccc3c(Cc4ccc(CN5CCOCC5)cc4)ccc1c23. The lowest BCUT2D eigenvalue weighted by molar-refractivity contribution is -0.125. The van der Waals surface area contributed by atoms with Crippen LogP contribution in [0.5, 0.6) is 0 Å². The van der Waals surface area contributed by atoms with Gasteiger partial charge in [-0.15, -0.1) is 0 Å². The molecule has 0 aromatic heterocycles. The molecule has 1 fully saturated rings. The summed E-state index contributed by atoms with van der Waals surface area (Å²) in [4.78, 5) is 39.8. The average Bonchev–Trinajstić information content (AvgIpc) is 3.19. The Morgan fingerprint density at radius 2 is 1.81 bits per heavy atom. The van der Waals surface area contributed by atoms with Crippen molar-refractivity contribution in [1.82, 2.24) is 10.2 Å². The van der Waals surface area contributed by atoms with E-state index in [2.05, 4.69) is 46.6 Å². The van der Waals surface area contributed by atoms with Gasteiger partial charge in [-0.2, -0.15) is 0 Å². The molecule has 1 saturated heterocycles. The van der Waals surface area contributed by atoms with Gasteiger partial charge in [-0.05, 0) is 54.0 Å². The zero-order valence-electron chi connectivity index (χ0n) is 20.5. The van der Waals surface area contributed by atoms with Gasteiger partial charge in [-0.3, -0.25) is 24.6 Å². The Morgan fingerprint density at radius 1 is 1.06 bits per heavy atom. The second-order valence-corrected chi connectivity index (χ2v) is 9.60. The van der Waals surface area contributed by atoms with Crippen LogP contribution in [0.1, 0.15) is 46.8 Å². The Kier molecular flexibility index (Phi) is 7.11. The van der Waals surface area contributed by atoms with Crippen molar-refractivity contribution >= 4 is 34.7 Å². The van der Waals surface area contributed by atoms with Gasteiger partial charge in [0.2, 0.25) is 12.3 Å². The van der Waals surface area contributed by atoms with Crippen LogP contribution in [0.4, 0.5) is 5.69 Å². The Balaban J connectivity index is 1.35. The summed E-state index contributed by atoms with van der Waals surface area (Å²) < 4.78 is 5.44. The van der Waals surface area contributed by atoms with E-state index in [4.69, 9.17) is 4.74 Å². The van der Waals surface area contributed by atoms with Crippen molar-refractivity contribution in [3.63, 3.8) is 0 Å². The van der Waals surface area contributed by atoms with Crippen molar-refractivity contribution in [2.45, 2.75) is 38.8 Å². The van der Waals surface area contributed by atoms with Gasteiger partial charge in [0.25, 0.3) is 5.91 Å². The van der Waals surface area contributed by atoms with Crippen molar-refractivity contribution in [3.8, 4) is 0 Å². The van der Waals surface area contributed by atoms with Gasteiger partial charge >= 0.3 is 0 Å². The number of imide groups is 1. The highest BCUT2D eigenvalue weighted by Gasteiger charge is 2.33. The number of nitrogens with zero attached hydrogens (tertiary/aromatic N) is 2. The molecule has 3 aromatic rings. The van der Waals surface area contributed by atoms with Crippen LogP contribution < -0.4 is 10.2 Å². The molecular formula is C29H31N3O4. The number of morpholine rings is 1. The zero-order chi connectivity index (χ0) is 25.1. The summed E-state index contributed by atoms with van der Waals surface area (Å²) in [5, 5.41) is 4.23. The number of carbonyl (C=O) groups is 3. The predicted octanol–water partition coefficient (Wildman–Crippen LogP) is 3.66. The molecule has 7 heteroatoms. The second-order valence-electron chi connectivity index (χ2n) is 9.60. The standard InChI is InChI=1S/C29H31N3O4/c1-20(5-12-27(34)30-19-33)32-26-11-10-23(24-3-2-4-25(28(24)26)29(32)35)17-21-6-8-22(9-7-21)18-31-13-15-36-16-14-31/h2-4,6-11,19-20H,5,12-18H2,1H3,(H,30,33,34). The average molecular weight is 486 g/mol. The van der Waals surface area contributed by atoms with E-state index in [1.807, 2.05) is 25.1 Å². The van der Waals surface area contributed by atoms with E-state index in [1.54, 1.807) is 4.90 Å². The van der Waals surface area contributed by atoms with Gasteiger partial charge in [-0.1, -0.05) is 42.5 Å². The molecule has 0 aliphatic carbocycles. The van der Waals surface area contributed by atoms with Crippen molar-refractivity contribution in [2.75, 3.05) is 31.2 Å². The molecule has 5 rings (SSSR count). The molecule has 3 aromatic carbocycles. The maximum absolute atomic E-state index is 13.3. The highest BCUT2D eigenvalue weighted by molar-refractivity contribution is 6.25. The molecule has 1 N–H and O–H groups in total. The fourth-order valence-corrected chi connectivity index (χ4v) is 5.27. The normalized spacial score (nSPS) is 16.4. The van der Waals surface area contributed by atoms with E-state index in [-0.39, 0.29) is 24.3 Å². The third kappa shape index (κ3) is 4.90. The van der Waals surface area contributed by atoms with E-state index in [0.29, 0.717) is 18.4 Å². The highest BCUT2D eigenvalue weighted by atomic mass is 16.5. The molecule has 3 amide bonds. The predicted molar refractivity (Wildman–Crippen MR) is 139 cm³/mol. The molecule has 2 aliphatic heterocycles. The number of hydrogen-bond acceptors (Lipinski definition) is 5. The van der Waals surface area contributed by atoms with E-state index < -0.39 is 0 Å². The lowest BCUT2D eigenvalue weighted by Crippen LogP contribution is -2.36. The molecule has 0 saturated carbocycles. The van der Waals surface area contributed by atoms with E-state index in [0.717, 1.165) is 55.7 Å². The zero-order valence-corrected chi connectivity index (χ0v) is 20.5. The quantitative estimate of drug-likeness (QED) is 0.468. The van der Waals surface area contributed by atoms with E-state index in [9.17, 15) is 14.4 Å². The van der Waals surface area contributed by atoms with Crippen LogP contribution in [-0.2, 0) is 27.3 Å². The first kappa shape index (κ1) is 24.2. The smallest absolute Gasteiger partial charge is 0.259 e. The molecule has 2 aliphatic rings. The molecule has 0 bridgehead atoms. The van der Waals surface area contributed by atoms with Crippen LogP contribution in [0.3, 0.4) is 0 Å². The number of benzene rings is 3. The van der Waals surface area contributed by atoms with Crippen LogP contribution in [0.25, 0.3) is 10.8 Å². The van der Waals surface area contributed by atoms with Gasteiger partial charge < -0.3 is 9.64 Å². The summed E-state index contributed by atoms with van der Waals surface area (Å²) in [7, 11) is 0. The molecule has 2 heterocycles. The number of rotatable bonds is 9. The fraction of sp³-hybridized carbons (Fsp3) is 0.345. The minimum Gasteiger partial charge on any atom is -0.379 e. The van der Waals surface area contributed by atoms with Crippen LogP contribution in [0.15, 0.2) is 54.6 Å². The van der Waals surface area contributed by atoms with Crippen LogP contribution >= 0.6 is 0 Å². The largest absolute Gasteiger partial charge is 0.379 e. The summed E-state index contributed by atoms with van der Waals surface area (Å²) in [6.07, 6.45) is 1.83. The first-order valence-corrected chi connectivity index (χ1v) is 12.5. The lowest BCUT2D eigenvalue weighted by Gasteiger charge is -2.26. The van der Waals surface area contributed by atoms with Crippen molar-refractivity contribution in [3.05, 3.63) is 76.9 Å². The summed E-state index contributed by atoms with van der Waals surface area (Å²) in [6.45, 7) is 6.44. The molecule has 0 radical (unpaired) electrons. The van der Waals surface area contributed by atoms with Crippen LogP contribution in [0, 0.1) is 0 Å². The third-order valence-corrected chi connectivity index (χ3v) is 7.19. The summed E-state index contributed by atoms with van der Waals surface area (Å²) in [5.41, 5.74) is 5.31. The number of carbonyl (C=O) groups excluding carboxylic acids is 3. The molecule has 186 valence electrons. The van der Waals surface area contributed by atoms with Gasteiger partial charge in [0.05, 0.1) is 18.9 Å². The molecule has 36 heavy (non-hydrogen) atoms. The minimum absolute atomic E-state index is 0.0384. The Bertz CT molecular complexity index is 1280. The first-order chi connectivity index (χ1) is 17.5. The van der Waals surface area contributed by atoms with Gasteiger partial charge in [-0.25, -0.2) is 0 Å². The molecule has 1 unspecified atom stereocenters. The first-order valence-electron chi connectivity index (χ1n) is 12.5. The van der Waals surface area contributed by atoms with Crippen molar-refractivity contribution in [2.24, 2.45) is 0 Å². The highest BCUT2D eigenvalue weighted by Crippen LogP contribution is 2.41. The van der Waals surface area contributed by atoms with Crippen LogP contribution in [0.2, 0.25) is 0 Å². The van der Waals surface area contributed by atoms with Crippen molar-refractivity contribution in [1.29, 1.82) is 0 Å². The van der Waals surface area contributed by atoms with E-state index in [1.165, 1.54) is 16.7 Å². The van der Waals surface area contributed by atoms with Gasteiger partial charge in [0.15, 0.2) is 0 Å². The van der Waals surface area contributed by atoms with Gasteiger partial charge in [0.1, 0.15) is 0 Å². The number of anilines is 1. The number of hydrogen-bond donors (Lipinski definition) is 1. The summed E-state index contributed by atoms with van der Waals surface area (Å²) >= 11 is 0. The number of amides is 3. The Labute approximate surface area is 211 Å². The Hall–Kier alpha value is -3.55. The summed E-state index contributed by atoms with van der Waals surface area (Å²) in [5.74, 6) is -0.374. The molecule has 7 nitrogen and oxygen atoms in total. The van der Waals surface area contributed by atoms with Crippen molar-refractivity contribution < 1.29 is 19.1 Å². The van der Waals surface area contributed by atoms with Crippen LogP contribution in [-0.4, -0.2) is 55.5 Å². The molecule has 1 atom stereocenters. The maximum Gasteiger partial charge on any atom is 0.259 e. The number of ether oxygens (including phenoxy) is 1. The van der Waals surface area contributed by atoms with E-state index >= 15 is 0 Å². The lowest BCUT2D eigenvalue weighted by atomic mass is 9.95. The maximum atomic E-state index is 13.3. The Morgan fingerprint density at radius 3 is 2.56 bits per heavy atom. The third-order valence-electron chi connectivity index (χ3n) is 7.19.